The van der Waals surface area contributed by atoms with Gasteiger partial charge in [-0.3, -0.25) is 4.79 Å². The van der Waals surface area contributed by atoms with E-state index in [4.69, 9.17) is 39.5 Å². The fraction of sp³-hybridized carbons (Fsp3) is 0.364. The monoisotopic (exact) mass is 293 g/mol. The van der Waals surface area contributed by atoms with Crippen LogP contribution in [0.25, 0.3) is 0 Å². The maximum atomic E-state index is 11.8. The SMILES string of the molecule is O=C(C(Cl)Cl)N1CCOC1c1ccc(Cl)cc1. The lowest BCUT2D eigenvalue weighted by molar-refractivity contribution is -0.134. The quantitative estimate of drug-likeness (QED) is 0.785. The first-order chi connectivity index (χ1) is 8.09. The number of hydrogen-bond acceptors (Lipinski definition) is 2. The van der Waals surface area contributed by atoms with E-state index in [0.717, 1.165) is 5.56 Å². The van der Waals surface area contributed by atoms with Crippen molar-refractivity contribution < 1.29 is 9.53 Å². The van der Waals surface area contributed by atoms with Crippen molar-refractivity contribution in [3.05, 3.63) is 34.9 Å². The Kier molecular flexibility index (Phi) is 4.15. The highest BCUT2D eigenvalue weighted by Crippen LogP contribution is 2.29. The van der Waals surface area contributed by atoms with E-state index >= 15 is 0 Å². The Balaban J connectivity index is 2.20. The third-order valence-corrected chi connectivity index (χ3v) is 3.14. The molecule has 1 heterocycles. The van der Waals surface area contributed by atoms with Crippen molar-refractivity contribution in [3.63, 3.8) is 0 Å². The molecule has 0 bridgehead atoms. The van der Waals surface area contributed by atoms with Gasteiger partial charge in [0, 0.05) is 17.1 Å². The van der Waals surface area contributed by atoms with Gasteiger partial charge in [0.05, 0.1) is 6.61 Å². The predicted molar refractivity (Wildman–Crippen MR) is 67.4 cm³/mol. The van der Waals surface area contributed by atoms with E-state index in [0.29, 0.717) is 18.2 Å². The minimum absolute atomic E-state index is 0.342. The summed E-state index contributed by atoms with van der Waals surface area (Å²) in [4.78, 5) is 12.2. The number of amides is 1. The molecule has 1 saturated heterocycles. The summed E-state index contributed by atoms with van der Waals surface area (Å²) in [6, 6.07) is 7.13. The number of benzene rings is 1. The van der Waals surface area contributed by atoms with Crippen molar-refractivity contribution in [1.82, 2.24) is 4.90 Å². The first kappa shape index (κ1) is 13.0. The van der Waals surface area contributed by atoms with Gasteiger partial charge in [-0.05, 0) is 12.1 Å². The topological polar surface area (TPSA) is 29.5 Å². The summed E-state index contributed by atoms with van der Waals surface area (Å²) in [7, 11) is 0. The van der Waals surface area contributed by atoms with E-state index in [1.165, 1.54) is 4.90 Å². The zero-order valence-electron chi connectivity index (χ0n) is 8.78. The number of carbonyl (C=O) groups is 1. The van der Waals surface area contributed by atoms with Crippen LogP contribution in [0.15, 0.2) is 24.3 Å². The molecule has 1 aliphatic rings. The third kappa shape index (κ3) is 2.86. The Bertz CT molecular complexity index is 408. The van der Waals surface area contributed by atoms with Crippen molar-refractivity contribution in [3.8, 4) is 0 Å². The lowest BCUT2D eigenvalue weighted by atomic mass is 10.2. The van der Waals surface area contributed by atoms with Crippen LogP contribution in [-0.2, 0) is 9.53 Å². The molecule has 1 aromatic rings. The van der Waals surface area contributed by atoms with Crippen LogP contribution in [0.4, 0.5) is 0 Å². The molecule has 1 aliphatic heterocycles. The first-order valence-corrected chi connectivity index (χ1v) is 6.30. The lowest BCUT2D eigenvalue weighted by Gasteiger charge is -2.23. The zero-order valence-corrected chi connectivity index (χ0v) is 11.0. The second-order valence-electron chi connectivity index (χ2n) is 3.61. The Hall–Kier alpha value is -0.480. The molecule has 0 saturated carbocycles. The van der Waals surface area contributed by atoms with E-state index < -0.39 is 11.1 Å². The van der Waals surface area contributed by atoms with Gasteiger partial charge in [0.25, 0.3) is 5.91 Å². The van der Waals surface area contributed by atoms with Crippen molar-refractivity contribution in [1.29, 1.82) is 0 Å². The summed E-state index contributed by atoms with van der Waals surface area (Å²) in [5, 5.41) is 0.636. The number of halogens is 3. The molecule has 6 heteroatoms. The normalized spacial score (nSPS) is 20.0. The second kappa shape index (κ2) is 5.44. The minimum atomic E-state index is -1.06. The summed E-state index contributed by atoms with van der Waals surface area (Å²) in [5.41, 5.74) is 0.856. The molecule has 1 aromatic carbocycles. The number of hydrogen-bond donors (Lipinski definition) is 0. The van der Waals surface area contributed by atoms with E-state index in [1.807, 2.05) is 12.1 Å². The largest absolute Gasteiger partial charge is 0.352 e. The van der Waals surface area contributed by atoms with Crippen LogP contribution in [-0.4, -0.2) is 28.8 Å². The molecule has 0 radical (unpaired) electrons. The highest BCUT2D eigenvalue weighted by molar-refractivity contribution is 6.53. The summed E-state index contributed by atoms with van der Waals surface area (Å²) in [6.45, 7) is 0.960. The van der Waals surface area contributed by atoms with Crippen LogP contribution < -0.4 is 0 Å². The Morgan fingerprint density at radius 3 is 2.59 bits per heavy atom. The Morgan fingerprint density at radius 1 is 1.35 bits per heavy atom. The van der Waals surface area contributed by atoms with Crippen LogP contribution in [0.2, 0.25) is 5.02 Å². The molecule has 1 unspecified atom stereocenters. The van der Waals surface area contributed by atoms with Crippen LogP contribution in [0.1, 0.15) is 11.8 Å². The van der Waals surface area contributed by atoms with Crippen molar-refractivity contribution in [2.45, 2.75) is 11.1 Å². The molecule has 1 fully saturated rings. The highest BCUT2D eigenvalue weighted by atomic mass is 35.5. The summed E-state index contributed by atoms with van der Waals surface area (Å²) in [6.07, 6.45) is -0.431. The van der Waals surface area contributed by atoms with Gasteiger partial charge in [-0.15, -0.1) is 0 Å². The first-order valence-electron chi connectivity index (χ1n) is 5.05. The van der Waals surface area contributed by atoms with Crippen LogP contribution in [0.5, 0.6) is 0 Å². The van der Waals surface area contributed by atoms with Crippen molar-refractivity contribution in [2.24, 2.45) is 0 Å². The molecular weight excluding hydrogens is 284 g/mol. The minimum Gasteiger partial charge on any atom is -0.352 e. The molecule has 0 spiro atoms. The smallest absolute Gasteiger partial charge is 0.258 e. The fourth-order valence-electron chi connectivity index (χ4n) is 1.72. The van der Waals surface area contributed by atoms with Gasteiger partial charge in [-0.25, -0.2) is 0 Å². The molecule has 1 amide bonds. The number of nitrogens with zero attached hydrogens (tertiary/aromatic N) is 1. The average molecular weight is 295 g/mol. The fourth-order valence-corrected chi connectivity index (χ4v) is 2.10. The Morgan fingerprint density at radius 2 is 2.00 bits per heavy atom. The number of carbonyl (C=O) groups excluding carboxylic acids is 1. The van der Waals surface area contributed by atoms with E-state index in [2.05, 4.69) is 0 Å². The van der Waals surface area contributed by atoms with Gasteiger partial charge < -0.3 is 9.64 Å². The highest BCUT2D eigenvalue weighted by Gasteiger charge is 2.33. The van der Waals surface area contributed by atoms with Crippen LogP contribution >= 0.6 is 34.8 Å². The zero-order chi connectivity index (χ0) is 12.4. The Labute approximate surface area is 114 Å². The molecule has 3 nitrogen and oxygen atoms in total. The summed E-state index contributed by atoms with van der Waals surface area (Å²) in [5.74, 6) is -0.342. The van der Waals surface area contributed by atoms with Gasteiger partial charge in [0.15, 0.2) is 11.1 Å². The maximum absolute atomic E-state index is 11.8. The van der Waals surface area contributed by atoms with Gasteiger partial charge in [0.1, 0.15) is 0 Å². The van der Waals surface area contributed by atoms with E-state index in [1.54, 1.807) is 12.1 Å². The van der Waals surface area contributed by atoms with Gasteiger partial charge >= 0.3 is 0 Å². The summed E-state index contributed by atoms with van der Waals surface area (Å²) < 4.78 is 5.51. The third-order valence-electron chi connectivity index (χ3n) is 2.52. The lowest BCUT2D eigenvalue weighted by Crippen LogP contribution is -2.34. The molecule has 17 heavy (non-hydrogen) atoms. The van der Waals surface area contributed by atoms with Crippen molar-refractivity contribution >= 4 is 40.7 Å². The van der Waals surface area contributed by atoms with Crippen molar-refractivity contribution in [2.75, 3.05) is 13.2 Å². The van der Waals surface area contributed by atoms with Gasteiger partial charge in [-0.2, -0.15) is 0 Å². The number of rotatable bonds is 2. The maximum Gasteiger partial charge on any atom is 0.258 e. The molecule has 0 N–H and O–H groups in total. The molecular formula is C11H10Cl3NO2. The predicted octanol–water partition coefficient (Wildman–Crippen LogP) is 3.00. The van der Waals surface area contributed by atoms with E-state index in [9.17, 15) is 4.79 Å². The molecule has 92 valence electrons. The molecule has 0 aromatic heterocycles. The van der Waals surface area contributed by atoms with Gasteiger partial charge in [0.2, 0.25) is 0 Å². The molecule has 0 aliphatic carbocycles. The van der Waals surface area contributed by atoms with Crippen LogP contribution in [0, 0.1) is 0 Å². The average Bonchev–Trinajstić information content (AvgIpc) is 2.77. The summed E-state index contributed by atoms with van der Waals surface area (Å²) >= 11 is 17.0. The second-order valence-corrected chi connectivity index (χ2v) is 5.14. The number of ether oxygens (including phenoxy) is 1. The molecule has 1 atom stereocenters. The number of alkyl halides is 2. The van der Waals surface area contributed by atoms with Crippen LogP contribution in [0.3, 0.4) is 0 Å². The molecule has 2 rings (SSSR count). The van der Waals surface area contributed by atoms with E-state index in [-0.39, 0.29) is 5.91 Å². The standard InChI is InChI=1S/C11H10Cl3NO2/c12-8-3-1-7(2-4-8)11-15(5-6-17-11)10(16)9(13)14/h1-4,9,11H,5-6H2. The van der Waals surface area contributed by atoms with Gasteiger partial charge in [-0.1, -0.05) is 46.9 Å².